The van der Waals surface area contributed by atoms with E-state index in [1.54, 1.807) is 0 Å². The minimum Gasteiger partial charge on any atom is -0.481 e. The average Bonchev–Trinajstić information content (AvgIpc) is 2.91. The van der Waals surface area contributed by atoms with Gasteiger partial charge in [0.05, 0.1) is 0 Å². The van der Waals surface area contributed by atoms with Crippen molar-refractivity contribution in [3.8, 4) is 0 Å². The number of rotatable bonds is 14. The normalized spacial score (nSPS) is 11.7. The first-order valence-corrected chi connectivity index (χ1v) is 16.2. The summed E-state index contributed by atoms with van der Waals surface area (Å²) in [5, 5.41) is 8.37. The summed E-state index contributed by atoms with van der Waals surface area (Å²) in [7, 11) is 0. The molecule has 6 nitrogen and oxygen atoms in total. The molecule has 220 valence electrons. The van der Waals surface area contributed by atoms with E-state index in [0.717, 1.165) is 63.1 Å². The zero-order valence-electron chi connectivity index (χ0n) is 25.2. The molecule has 2 amide bonds. The van der Waals surface area contributed by atoms with Crippen LogP contribution in [0.25, 0.3) is 0 Å². The Balaban J connectivity index is 0. The molecule has 0 aliphatic rings. The van der Waals surface area contributed by atoms with Crippen LogP contribution in [0.4, 0.5) is 9.59 Å². The topological polar surface area (TPSA) is 77.9 Å². The van der Waals surface area contributed by atoms with Crippen molar-refractivity contribution in [1.29, 1.82) is 0 Å². The van der Waals surface area contributed by atoms with E-state index < -0.39 is 5.97 Å². The molecule has 1 rings (SSSR count). The first-order valence-electron chi connectivity index (χ1n) is 14.2. The molecule has 38 heavy (non-hydrogen) atoms. The van der Waals surface area contributed by atoms with E-state index in [-0.39, 0.29) is 10.5 Å². The first kappa shape index (κ1) is 38.5. The van der Waals surface area contributed by atoms with Gasteiger partial charge >= 0.3 is 5.97 Å². The molecule has 2 atom stereocenters. The highest BCUT2D eigenvalue weighted by molar-refractivity contribution is 8.13. The third kappa shape index (κ3) is 19.4. The third-order valence-corrected chi connectivity index (χ3v) is 7.74. The molecule has 0 bridgehead atoms. The van der Waals surface area contributed by atoms with E-state index in [1.807, 2.05) is 34.9 Å². The molecule has 8 heteroatoms. The number of carboxylic acids is 1. The number of hydrogen-bond acceptors (Lipinski definition) is 5. The zero-order chi connectivity index (χ0) is 29.3. The maximum Gasteiger partial charge on any atom is 0.303 e. The summed E-state index contributed by atoms with van der Waals surface area (Å²) < 4.78 is 0. The summed E-state index contributed by atoms with van der Waals surface area (Å²) in [5.74, 6) is 0.990. The number of carbonyl (C=O) groups excluding carboxylic acids is 2. The van der Waals surface area contributed by atoms with Crippen LogP contribution in [0.2, 0.25) is 0 Å². The third-order valence-electron chi connectivity index (χ3n) is 5.69. The highest BCUT2D eigenvalue weighted by Gasteiger charge is 2.23. The fraction of sp³-hybridized carbons (Fsp3) is 0.700. The maximum atomic E-state index is 12.4. The van der Waals surface area contributed by atoms with Gasteiger partial charge in [-0.2, -0.15) is 0 Å². The highest BCUT2D eigenvalue weighted by Crippen LogP contribution is 2.22. The van der Waals surface area contributed by atoms with Crippen LogP contribution < -0.4 is 0 Å². The second-order valence-corrected chi connectivity index (χ2v) is 11.2. The van der Waals surface area contributed by atoms with E-state index in [1.165, 1.54) is 29.1 Å². The van der Waals surface area contributed by atoms with Crippen molar-refractivity contribution in [3.05, 3.63) is 35.9 Å². The van der Waals surface area contributed by atoms with Crippen LogP contribution in [-0.4, -0.2) is 62.3 Å². The van der Waals surface area contributed by atoms with Crippen molar-refractivity contribution in [1.82, 2.24) is 9.80 Å². The van der Waals surface area contributed by atoms with E-state index >= 15 is 0 Å². The lowest BCUT2D eigenvalue weighted by molar-refractivity contribution is -0.137. The van der Waals surface area contributed by atoms with Crippen LogP contribution in [0.15, 0.2) is 30.3 Å². The van der Waals surface area contributed by atoms with E-state index in [4.69, 9.17) is 5.11 Å². The summed E-state index contributed by atoms with van der Waals surface area (Å²) in [6, 6.07) is 10.8. The Kier molecular flexibility index (Phi) is 25.9. The molecule has 1 aromatic carbocycles. The Bertz CT molecular complexity index is 718. The number of amides is 2. The van der Waals surface area contributed by atoms with Crippen molar-refractivity contribution >= 4 is 40.0 Å². The number of carboxylic acid groups (broad SMARTS) is 1. The molecular weight excluding hydrogens is 516 g/mol. The van der Waals surface area contributed by atoms with Crippen LogP contribution >= 0.6 is 23.5 Å². The van der Waals surface area contributed by atoms with Gasteiger partial charge in [-0.3, -0.25) is 14.4 Å². The maximum absolute atomic E-state index is 12.4. The molecule has 0 radical (unpaired) electrons. The van der Waals surface area contributed by atoms with Crippen molar-refractivity contribution in [2.75, 3.05) is 18.8 Å². The monoisotopic (exact) mass is 570 g/mol. The Morgan fingerprint density at radius 2 is 1.29 bits per heavy atom. The van der Waals surface area contributed by atoms with Crippen LogP contribution in [0.1, 0.15) is 106 Å². The fourth-order valence-electron chi connectivity index (χ4n) is 3.31. The summed E-state index contributed by atoms with van der Waals surface area (Å²) in [5.41, 5.74) is 1.20. The van der Waals surface area contributed by atoms with Gasteiger partial charge in [-0.05, 0) is 57.9 Å². The van der Waals surface area contributed by atoms with Gasteiger partial charge in [0.2, 0.25) is 0 Å². The van der Waals surface area contributed by atoms with Crippen molar-refractivity contribution in [3.63, 3.8) is 0 Å². The number of hydrogen-bond donors (Lipinski definition) is 1. The SMILES string of the molecule is CCC(C)N(C(=O)SCc1ccccc1)C(C)CC.CCCC(=O)O.CCCSC(=O)N(CCC)CCC. The fourth-order valence-corrected chi connectivity index (χ4v) is 5.05. The van der Waals surface area contributed by atoms with Crippen molar-refractivity contribution < 1.29 is 19.5 Å². The number of benzene rings is 1. The molecule has 0 aromatic heterocycles. The van der Waals surface area contributed by atoms with Crippen LogP contribution in [-0.2, 0) is 10.5 Å². The molecule has 1 N–H and O–H groups in total. The number of thioether (sulfide) groups is 2. The minimum atomic E-state index is -0.711. The molecule has 0 aliphatic heterocycles. The van der Waals surface area contributed by atoms with Gasteiger partial charge in [-0.1, -0.05) is 95.4 Å². The highest BCUT2D eigenvalue weighted by atomic mass is 32.2. The van der Waals surface area contributed by atoms with Gasteiger partial charge in [-0.25, -0.2) is 0 Å². The van der Waals surface area contributed by atoms with E-state index in [0.29, 0.717) is 18.5 Å². The Hall–Kier alpha value is -1.67. The van der Waals surface area contributed by atoms with Gasteiger partial charge in [0.15, 0.2) is 0 Å². The van der Waals surface area contributed by atoms with Crippen LogP contribution in [0, 0.1) is 0 Å². The zero-order valence-corrected chi connectivity index (χ0v) is 26.8. The smallest absolute Gasteiger partial charge is 0.303 e. The largest absolute Gasteiger partial charge is 0.481 e. The first-order chi connectivity index (χ1) is 18.1. The summed E-state index contributed by atoms with van der Waals surface area (Å²) in [6.07, 6.45) is 6.21. The molecule has 0 fully saturated rings. The number of carbonyl (C=O) groups is 3. The predicted octanol–water partition coefficient (Wildman–Crippen LogP) is 9.18. The lowest BCUT2D eigenvalue weighted by atomic mass is 10.1. The van der Waals surface area contributed by atoms with Crippen LogP contribution in [0.3, 0.4) is 0 Å². The number of aliphatic carboxylic acids is 1. The molecule has 2 unspecified atom stereocenters. The van der Waals surface area contributed by atoms with Gasteiger partial charge < -0.3 is 14.9 Å². The lowest BCUT2D eigenvalue weighted by Crippen LogP contribution is -2.42. The molecule has 0 aliphatic carbocycles. The molecular formula is C30H54N2O4S2. The van der Waals surface area contributed by atoms with E-state index in [9.17, 15) is 14.4 Å². The molecule has 0 spiro atoms. The molecule has 0 heterocycles. The van der Waals surface area contributed by atoms with Crippen molar-refractivity contribution in [2.24, 2.45) is 0 Å². The summed E-state index contributed by atoms with van der Waals surface area (Å²) >= 11 is 2.86. The van der Waals surface area contributed by atoms with Gasteiger partial charge in [0.1, 0.15) is 0 Å². The van der Waals surface area contributed by atoms with Gasteiger partial charge in [-0.15, -0.1) is 0 Å². The quantitative estimate of drug-likeness (QED) is 0.240. The summed E-state index contributed by atoms with van der Waals surface area (Å²) in [4.78, 5) is 37.6. The summed E-state index contributed by atoms with van der Waals surface area (Å²) in [6.45, 7) is 18.5. The lowest BCUT2D eigenvalue weighted by Gasteiger charge is -2.33. The van der Waals surface area contributed by atoms with Crippen LogP contribution in [0.5, 0.6) is 0 Å². The second kappa shape index (κ2) is 25.6. The Morgan fingerprint density at radius 3 is 1.66 bits per heavy atom. The van der Waals surface area contributed by atoms with Crippen molar-refractivity contribution in [2.45, 2.75) is 118 Å². The Morgan fingerprint density at radius 1 is 0.763 bits per heavy atom. The molecule has 0 saturated carbocycles. The number of nitrogens with zero attached hydrogens (tertiary/aromatic N) is 2. The predicted molar refractivity (Wildman–Crippen MR) is 167 cm³/mol. The molecule has 0 saturated heterocycles. The van der Waals surface area contributed by atoms with E-state index in [2.05, 4.69) is 60.6 Å². The standard InChI is InChI=1S/C16H25NOS.C10H21NOS.C4H8O2/c1-5-13(3)17(14(4)6-2)16(18)19-12-15-10-8-7-9-11-15;1-4-7-11(8-5-2)10(12)13-9-6-3;1-2-3-4(5)6/h7-11,13-14H,5-6,12H2,1-4H3;4-9H2,1-3H3;2-3H2,1H3,(H,5,6). The van der Waals surface area contributed by atoms with Gasteiger partial charge in [0.25, 0.3) is 10.5 Å². The molecule has 1 aromatic rings. The Labute approximate surface area is 241 Å². The second-order valence-electron chi connectivity index (χ2n) is 9.21. The van der Waals surface area contributed by atoms with Gasteiger partial charge in [0, 0.05) is 43.1 Å². The minimum absolute atomic E-state index is 0.201. The average molecular weight is 571 g/mol.